The van der Waals surface area contributed by atoms with Gasteiger partial charge in [-0.1, -0.05) is 6.92 Å². The van der Waals surface area contributed by atoms with Crippen LogP contribution in [0.3, 0.4) is 0 Å². The number of halogens is 1. The summed E-state index contributed by atoms with van der Waals surface area (Å²) in [5.74, 6) is -0.967. The third kappa shape index (κ3) is 3.99. The number of nitriles is 1. The van der Waals surface area contributed by atoms with Crippen molar-refractivity contribution in [3.63, 3.8) is 0 Å². The summed E-state index contributed by atoms with van der Waals surface area (Å²) in [5.41, 5.74) is 0.0545. The van der Waals surface area contributed by atoms with E-state index in [0.29, 0.717) is 6.42 Å². The third-order valence-corrected chi connectivity index (χ3v) is 4.20. The van der Waals surface area contributed by atoms with Crippen molar-refractivity contribution >= 4 is 10.0 Å². The molecule has 1 aromatic carbocycles. The van der Waals surface area contributed by atoms with Crippen molar-refractivity contribution in [1.82, 2.24) is 4.72 Å². The molecule has 0 amide bonds. The predicted octanol–water partition coefficient (Wildman–Crippen LogP) is 1.14. The monoisotopic (exact) mass is 286 g/mol. The molecule has 0 aliphatic rings. The number of aliphatic hydroxyl groups excluding tert-OH is 1. The highest BCUT2D eigenvalue weighted by atomic mass is 32.2. The van der Waals surface area contributed by atoms with Crippen LogP contribution in [0.4, 0.5) is 4.39 Å². The summed E-state index contributed by atoms with van der Waals surface area (Å²) in [6.45, 7) is 1.61. The number of sulfonamides is 1. The van der Waals surface area contributed by atoms with Crippen LogP contribution in [-0.4, -0.2) is 26.2 Å². The Morgan fingerprint density at radius 3 is 2.68 bits per heavy atom. The standard InChI is InChI=1S/C12H15FN2O3S/c1-2-10(5-6-16)15-19(17,18)12-4-3-9(8-14)7-11(12)13/h3-4,7,10,15-16H,2,5-6H2,1H3. The lowest BCUT2D eigenvalue weighted by atomic mass is 10.2. The van der Waals surface area contributed by atoms with Gasteiger partial charge in [0.1, 0.15) is 10.7 Å². The molecule has 0 aliphatic carbocycles. The largest absolute Gasteiger partial charge is 0.396 e. The van der Waals surface area contributed by atoms with E-state index in [1.54, 1.807) is 13.0 Å². The molecule has 0 saturated carbocycles. The van der Waals surface area contributed by atoms with Crippen LogP contribution in [0.15, 0.2) is 23.1 Å². The highest BCUT2D eigenvalue weighted by Gasteiger charge is 2.22. The maximum Gasteiger partial charge on any atom is 0.243 e. The quantitative estimate of drug-likeness (QED) is 0.820. The molecule has 0 radical (unpaired) electrons. The van der Waals surface area contributed by atoms with Gasteiger partial charge in [0, 0.05) is 12.6 Å². The van der Waals surface area contributed by atoms with E-state index in [4.69, 9.17) is 10.4 Å². The number of hydrogen-bond donors (Lipinski definition) is 2. The molecule has 0 aliphatic heterocycles. The van der Waals surface area contributed by atoms with Crippen molar-refractivity contribution in [2.24, 2.45) is 0 Å². The highest BCUT2D eigenvalue weighted by molar-refractivity contribution is 7.89. The molecule has 2 N–H and O–H groups in total. The fourth-order valence-electron chi connectivity index (χ4n) is 1.57. The number of aliphatic hydroxyl groups is 1. The second-order valence-corrected chi connectivity index (χ2v) is 5.68. The lowest BCUT2D eigenvalue weighted by molar-refractivity contribution is 0.270. The maximum absolute atomic E-state index is 13.7. The molecule has 1 rings (SSSR count). The van der Waals surface area contributed by atoms with Gasteiger partial charge in [0.05, 0.1) is 11.6 Å². The molecule has 0 heterocycles. The molecule has 1 atom stereocenters. The minimum Gasteiger partial charge on any atom is -0.396 e. The van der Waals surface area contributed by atoms with Crippen LogP contribution in [0.1, 0.15) is 25.3 Å². The normalized spacial score (nSPS) is 12.9. The average molecular weight is 286 g/mol. The van der Waals surface area contributed by atoms with Gasteiger partial charge in [-0.25, -0.2) is 17.5 Å². The van der Waals surface area contributed by atoms with Gasteiger partial charge in [-0.15, -0.1) is 0 Å². The van der Waals surface area contributed by atoms with Gasteiger partial charge in [-0.2, -0.15) is 5.26 Å². The summed E-state index contributed by atoms with van der Waals surface area (Å²) < 4.78 is 39.9. The van der Waals surface area contributed by atoms with E-state index in [9.17, 15) is 12.8 Å². The number of nitrogens with zero attached hydrogens (tertiary/aromatic N) is 1. The van der Waals surface area contributed by atoms with Crippen LogP contribution < -0.4 is 4.72 Å². The zero-order valence-corrected chi connectivity index (χ0v) is 11.2. The molecule has 7 heteroatoms. The number of hydrogen-bond acceptors (Lipinski definition) is 4. The molecule has 0 spiro atoms. The summed E-state index contributed by atoms with van der Waals surface area (Å²) in [6.07, 6.45) is 0.741. The van der Waals surface area contributed by atoms with Crippen molar-refractivity contribution in [3.8, 4) is 6.07 Å². The van der Waals surface area contributed by atoms with Crippen molar-refractivity contribution in [3.05, 3.63) is 29.6 Å². The van der Waals surface area contributed by atoms with Gasteiger partial charge in [-0.05, 0) is 31.0 Å². The van der Waals surface area contributed by atoms with Crippen molar-refractivity contribution in [2.75, 3.05) is 6.61 Å². The molecule has 0 fully saturated rings. The number of nitrogens with one attached hydrogen (secondary N) is 1. The lowest BCUT2D eigenvalue weighted by Gasteiger charge is -2.16. The predicted molar refractivity (Wildman–Crippen MR) is 67.2 cm³/mol. The van der Waals surface area contributed by atoms with Gasteiger partial charge in [0.15, 0.2) is 0 Å². The molecule has 104 valence electrons. The number of rotatable bonds is 6. The van der Waals surface area contributed by atoms with E-state index in [1.165, 1.54) is 6.07 Å². The van der Waals surface area contributed by atoms with E-state index in [0.717, 1.165) is 12.1 Å². The molecule has 0 aromatic heterocycles. The molecule has 0 bridgehead atoms. The SMILES string of the molecule is CCC(CCO)NS(=O)(=O)c1ccc(C#N)cc1F. The number of benzene rings is 1. The van der Waals surface area contributed by atoms with Gasteiger partial charge >= 0.3 is 0 Å². The Balaban J connectivity index is 3.04. The zero-order valence-electron chi connectivity index (χ0n) is 10.4. The van der Waals surface area contributed by atoms with Crippen LogP contribution in [0.25, 0.3) is 0 Å². The Bertz CT molecular complexity index is 581. The van der Waals surface area contributed by atoms with Crippen LogP contribution in [-0.2, 0) is 10.0 Å². The van der Waals surface area contributed by atoms with Crippen LogP contribution in [0.5, 0.6) is 0 Å². The zero-order chi connectivity index (χ0) is 14.5. The summed E-state index contributed by atoms with van der Waals surface area (Å²) in [7, 11) is -3.99. The Hall–Kier alpha value is -1.49. The van der Waals surface area contributed by atoms with Crippen molar-refractivity contribution in [2.45, 2.75) is 30.7 Å². The Labute approximate surface area is 111 Å². The minimum atomic E-state index is -3.99. The molecule has 1 unspecified atom stereocenters. The smallest absolute Gasteiger partial charge is 0.243 e. The molecule has 19 heavy (non-hydrogen) atoms. The molecule has 0 saturated heterocycles. The van der Waals surface area contributed by atoms with Gasteiger partial charge in [0.25, 0.3) is 0 Å². The van der Waals surface area contributed by atoms with Gasteiger partial charge in [0.2, 0.25) is 10.0 Å². The minimum absolute atomic E-state index is 0.0545. The first kappa shape index (κ1) is 15.6. The molecular weight excluding hydrogens is 271 g/mol. The lowest BCUT2D eigenvalue weighted by Crippen LogP contribution is -2.35. The Morgan fingerprint density at radius 1 is 1.53 bits per heavy atom. The van der Waals surface area contributed by atoms with Crippen LogP contribution in [0.2, 0.25) is 0 Å². The second kappa shape index (κ2) is 6.61. The summed E-state index contributed by atoms with van der Waals surface area (Å²) in [5, 5.41) is 17.4. The van der Waals surface area contributed by atoms with E-state index in [2.05, 4.69) is 4.72 Å². The highest BCUT2D eigenvalue weighted by Crippen LogP contribution is 2.16. The maximum atomic E-state index is 13.7. The van der Waals surface area contributed by atoms with Crippen molar-refractivity contribution in [1.29, 1.82) is 5.26 Å². The molecule has 1 aromatic rings. The fraction of sp³-hybridized carbons (Fsp3) is 0.417. The topological polar surface area (TPSA) is 90.2 Å². The first-order chi connectivity index (χ1) is 8.94. The summed E-state index contributed by atoms with van der Waals surface area (Å²) in [4.78, 5) is -0.497. The van der Waals surface area contributed by atoms with Crippen molar-refractivity contribution < 1.29 is 17.9 Å². The summed E-state index contributed by atoms with van der Waals surface area (Å²) in [6, 6.07) is 4.45. The first-order valence-corrected chi connectivity index (χ1v) is 7.25. The van der Waals surface area contributed by atoms with E-state index >= 15 is 0 Å². The van der Waals surface area contributed by atoms with Gasteiger partial charge < -0.3 is 5.11 Å². The first-order valence-electron chi connectivity index (χ1n) is 5.77. The third-order valence-electron chi connectivity index (χ3n) is 2.64. The van der Waals surface area contributed by atoms with E-state index in [-0.39, 0.29) is 18.6 Å². The Kier molecular flexibility index (Phi) is 5.42. The Morgan fingerprint density at radius 2 is 2.21 bits per heavy atom. The van der Waals surface area contributed by atoms with Gasteiger partial charge in [-0.3, -0.25) is 0 Å². The fourth-order valence-corrected chi connectivity index (χ4v) is 2.99. The molecular formula is C12H15FN2O3S. The van der Waals surface area contributed by atoms with Crippen LogP contribution in [0, 0.1) is 17.1 Å². The average Bonchev–Trinajstić information content (AvgIpc) is 2.37. The van der Waals surface area contributed by atoms with E-state index < -0.39 is 26.8 Å². The van der Waals surface area contributed by atoms with E-state index in [1.807, 2.05) is 0 Å². The molecule has 5 nitrogen and oxygen atoms in total. The summed E-state index contributed by atoms with van der Waals surface area (Å²) >= 11 is 0. The van der Waals surface area contributed by atoms with Crippen LogP contribution >= 0.6 is 0 Å². The second-order valence-electron chi connectivity index (χ2n) is 4.00.